The fourth-order valence-electron chi connectivity index (χ4n) is 1.96. The number of methoxy groups -OCH3 is 1. The van der Waals surface area contributed by atoms with Crippen molar-refractivity contribution in [3.05, 3.63) is 35.4 Å². The average Bonchev–Trinajstić information content (AvgIpc) is 2.89. The van der Waals surface area contributed by atoms with Crippen LogP contribution in [0.4, 0.5) is 0 Å². The molecule has 0 saturated carbocycles. The summed E-state index contributed by atoms with van der Waals surface area (Å²) >= 11 is 0. The maximum absolute atomic E-state index is 11.8. The van der Waals surface area contributed by atoms with Crippen molar-refractivity contribution in [3.63, 3.8) is 0 Å². The van der Waals surface area contributed by atoms with Crippen molar-refractivity contribution in [2.75, 3.05) is 13.7 Å². The number of carbonyl (C=O) groups is 1. The molecule has 1 aliphatic heterocycles. The molecule has 2 unspecified atom stereocenters. The van der Waals surface area contributed by atoms with E-state index in [2.05, 4.69) is 4.99 Å². The zero-order chi connectivity index (χ0) is 13.7. The number of benzene rings is 1. The number of carbonyl (C=O) groups excluding carboxylic acids is 1. The highest BCUT2D eigenvalue weighted by Crippen LogP contribution is 2.28. The van der Waals surface area contributed by atoms with Crippen LogP contribution in [0.3, 0.4) is 0 Å². The van der Waals surface area contributed by atoms with Gasteiger partial charge in [0.05, 0.1) is 13.2 Å². The van der Waals surface area contributed by atoms with Gasteiger partial charge >= 0.3 is 5.97 Å². The number of rotatable bonds is 5. The maximum Gasteiger partial charge on any atom is 0.335 e. The molecule has 0 fully saturated rings. The molecule has 5 heteroatoms. The normalized spacial score (nSPS) is 21.2. The van der Waals surface area contributed by atoms with Crippen LogP contribution in [0.15, 0.2) is 29.3 Å². The molecule has 0 aliphatic carbocycles. The Morgan fingerprint density at radius 2 is 2.11 bits per heavy atom. The largest absolute Gasteiger partial charge is 0.473 e. The Bertz CT molecular complexity index is 455. The third kappa shape index (κ3) is 3.12. The summed E-state index contributed by atoms with van der Waals surface area (Å²) in [7, 11) is 1.65. The molecule has 0 amide bonds. The fourth-order valence-corrected chi connectivity index (χ4v) is 1.96. The number of nitrogens with zero attached hydrogens (tertiary/aromatic N) is 1. The Kier molecular flexibility index (Phi) is 4.52. The summed E-state index contributed by atoms with van der Waals surface area (Å²) in [6.45, 7) is 2.67. The second-order valence-electron chi connectivity index (χ2n) is 4.18. The number of aliphatic imine (C=N–C) groups is 1. The summed E-state index contributed by atoms with van der Waals surface area (Å²) in [6.07, 6.45) is 0.908. The van der Waals surface area contributed by atoms with Gasteiger partial charge in [-0.25, -0.2) is 9.79 Å². The smallest absolute Gasteiger partial charge is 0.335 e. The predicted molar refractivity (Wildman–Crippen MR) is 69.9 cm³/mol. The molecule has 0 aromatic heterocycles. The van der Waals surface area contributed by atoms with Crippen molar-refractivity contribution in [1.82, 2.24) is 0 Å². The van der Waals surface area contributed by atoms with Crippen molar-refractivity contribution < 1.29 is 19.0 Å². The van der Waals surface area contributed by atoms with E-state index in [1.54, 1.807) is 14.0 Å². The van der Waals surface area contributed by atoms with Crippen LogP contribution >= 0.6 is 0 Å². The fraction of sp³-hybridized carbons (Fsp3) is 0.429. The monoisotopic (exact) mass is 263 g/mol. The van der Waals surface area contributed by atoms with E-state index in [0.717, 1.165) is 11.1 Å². The molecule has 0 bridgehead atoms. The van der Waals surface area contributed by atoms with Gasteiger partial charge in [-0.05, 0) is 18.1 Å². The van der Waals surface area contributed by atoms with Crippen LogP contribution in [0.25, 0.3) is 0 Å². The summed E-state index contributed by atoms with van der Waals surface area (Å²) in [4.78, 5) is 15.8. The van der Waals surface area contributed by atoms with E-state index >= 15 is 0 Å². The van der Waals surface area contributed by atoms with Gasteiger partial charge in [0.2, 0.25) is 0 Å². The first-order valence-electron chi connectivity index (χ1n) is 6.17. The minimum absolute atomic E-state index is 0.338. The van der Waals surface area contributed by atoms with Crippen molar-refractivity contribution in [1.29, 1.82) is 0 Å². The molecule has 0 spiro atoms. The average molecular weight is 263 g/mol. The number of hydrogen-bond acceptors (Lipinski definition) is 5. The molecule has 1 aromatic carbocycles. The summed E-state index contributed by atoms with van der Waals surface area (Å²) in [5, 5.41) is 0. The third-order valence-corrected chi connectivity index (χ3v) is 2.86. The lowest BCUT2D eigenvalue weighted by Gasteiger charge is -2.16. The molecular weight excluding hydrogens is 246 g/mol. The maximum atomic E-state index is 11.8. The van der Waals surface area contributed by atoms with E-state index in [9.17, 15) is 4.79 Å². The lowest BCUT2D eigenvalue weighted by atomic mass is 10.0. The van der Waals surface area contributed by atoms with Crippen molar-refractivity contribution >= 4 is 12.4 Å². The second-order valence-corrected chi connectivity index (χ2v) is 4.18. The second kappa shape index (κ2) is 6.33. The summed E-state index contributed by atoms with van der Waals surface area (Å²) in [5.74, 6) is -0.359. The minimum Gasteiger partial charge on any atom is -0.473 e. The van der Waals surface area contributed by atoms with E-state index in [0.29, 0.717) is 13.2 Å². The SMILES string of the molecule is CCOC(=O)C1N=COC1c1ccc(COC)cc1. The molecule has 1 aliphatic rings. The van der Waals surface area contributed by atoms with Gasteiger partial charge in [-0.15, -0.1) is 0 Å². The van der Waals surface area contributed by atoms with Gasteiger partial charge in [-0.2, -0.15) is 0 Å². The van der Waals surface area contributed by atoms with Gasteiger partial charge in [-0.1, -0.05) is 24.3 Å². The molecule has 1 heterocycles. The lowest BCUT2D eigenvalue weighted by Crippen LogP contribution is -2.26. The number of hydrogen-bond donors (Lipinski definition) is 0. The van der Waals surface area contributed by atoms with Crippen LogP contribution in [0.2, 0.25) is 0 Å². The van der Waals surface area contributed by atoms with Gasteiger partial charge < -0.3 is 14.2 Å². The van der Waals surface area contributed by atoms with Crippen LogP contribution < -0.4 is 0 Å². The predicted octanol–water partition coefficient (Wildman–Crippen LogP) is 1.86. The van der Waals surface area contributed by atoms with E-state index in [-0.39, 0.29) is 5.97 Å². The Morgan fingerprint density at radius 3 is 2.74 bits per heavy atom. The summed E-state index contributed by atoms with van der Waals surface area (Å²) < 4.78 is 15.4. The van der Waals surface area contributed by atoms with Crippen LogP contribution in [0.5, 0.6) is 0 Å². The highest BCUT2D eigenvalue weighted by Gasteiger charge is 2.34. The van der Waals surface area contributed by atoms with E-state index in [1.165, 1.54) is 6.40 Å². The molecule has 1 aromatic rings. The van der Waals surface area contributed by atoms with Crippen molar-refractivity contribution in [2.45, 2.75) is 25.7 Å². The minimum atomic E-state index is -0.617. The van der Waals surface area contributed by atoms with Crippen molar-refractivity contribution in [3.8, 4) is 0 Å². The van der Waals surface area contributed by atoms with Gasteiger partial charge in [0, 0.05) is 7.11 Å². The van der Waals surface area contributed by atoms with Crippen LogP contribution in [0.1, 0.15) is 24.2 Å². The Hall–Kier alpha value is -1.88. The molecule has 0 saturated heterocycles. The first-order chi connectivity index (χ1) is 9.26. The standard InChI is InChI=1S/C14H17NO4/c1-3-18-14(16)12-13(19-9-15-12)11-6-4-10(5-7-11)8-17-2/h4-7,9,12-13H,3,8H2,1-2H3. The first kappa shape index (κ1) is 13.5. The van der Waals surface area contributed by atoms with E-state index in [4.69, 9.17) is 14.2 Å². The summed E-state index contributed by atoms with van der Waals surface area (Å²) in [5.41, 5.74) is 1.97. The molecule has 102 valence electrons. The summed E-state index contributed by atoms with van der Waals surface area (Å²) in [6, 6.07) is 7.11. The molecular formula is C14H17NO4. The Labute approximate surface area is 112 Å². The zero-order valence-electron chi connectivity index (χ0n) is 11.0. The Balaban J connectivity index is 2.10. The first-order valence-corrected chi connectivity index (χ1v) is 6.17. The van der Waals surface area contributed by atoms with E-state index in [1.807, 2.05) is 24.3 Å². The Morgan fingerprint density at radius 1 is 1.37 bits per heavy atom. The number of esters is 1. The van der Waals surface area contributed by atoms with Gasteiger partial charge in [0.1, 0.15) is 0 Å². The van der Waals surface area contributed by atoms with Crippen LogP contribution in [-0.4, -0.2) is 32.1 Å². The molecule has 2 rings (SSSR count). The highest BCUT2D eigenvalue weighted by atomic mass is 16.5. The molecule has 5 nitrogen and oxygen atoms in total. The van der Waals surface area contributed by atoms with E-state index < -0.39 is 12.1 Å². The van der Waals surface area contributed by atoms with Gasteiger partial charge in [0.25, 0.3) is 0 Å². The quantitative estimate of drug-likeness (QED) is 0.761. The third-order valence-electron chi connectivity index (χ3n) is 2.86. The zero-order valence-corrected chi connectivity index (χ0v) is 11.0. The van der Waals surface area contributed by atoms with Gasteiger partial charge in [-0.3, -0.25) is 0 Å². The van der Waals surface area contributed by atoms with Crippen molar-refractivity contribution in [2.24, 2.45) is 4.99 Å². The van der Waals surface area contributed by atoms with Crippen LogP contribution in [0, 0.1) is 0 Å². The molecule has 0 N–H and O–H groups in total. The molecule has 19 heavy (non-hydrogen) atoms. The topological polar surface area (TPSA) is 57.1 Å². The van der Waals surface area contributed by atoms with Gasteiger partial charge in [0.15, 0.2) is 18.5 Å². The highest BCUT2D eigenvalue weighted by molar-refractivity contribution is 5.80. The molecule has 2 atom stereocenters. The lowest BCUT2D eigenvalue weighted by molar-refractivity contribution is -0.146. The molecule has 0 radical (unpaired) electrons. The van der Waals surface area contributed by atoms with Crippen LogP contribution in [-0.2, 0) is 25.6 Å². The number of ether oxygens (including phenoxy) is 3.